The molecule has 6 heteroatoms. The van der Waals surface area contributed by atoms with Crippen molar-refractivity contribution in [1.29, 1.82) is 0 Å². The molecular formula is C19H24N4O2. The van der Waals surface area contributed by atoms with E-state index in [1.54, 1.807) is 0 Å². The van der Waals surface area contributed by atoms with Crippen molar-refractivity contribution in [3.63, 3.8) is 0 Å². The highest BCUT2D eigenvalue weighted by atomic mass is 16.4. The molecule has 0 unspecified atom stereocenters. The van der Waals surface area contributed by atoms with Gasteiger partial charge in [-0.25, -0.2) is 0 Å². The minimum absolute atomic E-state index is 0.135. The first-order chi connectivity index (χ1) is 12.2. The van der Waals surface area contributed by atoms with Crippen molar-refractivity contribution in [3.8, 4) is 0 Å². The molecule has 25 heavy (non-hydrogen) atoms. The molecule has 1 aliphatic heterocycles. The lowest BCUT2D eigenvalue weighted by atomic mass is 9.80. The first-order valence-electron chi connectivity index (χ1n) is 9.44. The number of amides is 1. The number of likely N-dealkylation sites (tertiary alicyclic amines) is 1. The van der Waals surface area contributed by atoms with Crippen molar-refractivity contribution in [1.82, 2.24) is 20.1 Å². The number of fused-ring (bicyclic) bond motifs is 1. The minimum Gasteiger partial charge on any atom is -0.425 e. The van der Waals surface area contributed by atoms with Crippen LogP contribution >= 0.6 is 0 Å². The number of H-pyrrole nitrogens is 1. The van der Waals surface area contributed by atoms with Crippen LogP contribution in [0.5, 0.6) is 0 Å². The summed E-state index contributed by atoms with van der Waals surface area (Å²) in [5.41, 5.74) is 1.86. The maximum Gasteiger partial charge on any atom is 0.255 e. The van der Waals surface area contributed by atoms with Gasteiger partial charge in [0.05, 0.1) is 11.0 Å². The molecule has 0 bridgehead atoms. The van der Waals surface area contributed by atoms with E-state index >= 15 is 0 Å². The molecule has 5 rings (SSSR count). The molecule has 2 aliphatic carbocycles. The maximum atomic E-state index is 13.2. The number of nitrogens with zero attached hydrogens (tertiary/aromatic N) is 3. The van der Waals surface area contributed by atoms with Crippen molar-refractivity contribution in [2.75, 3.05) is 13.1 Å². The van der Waals surface area contributed by atoms with Crippen LogP contribution in [0.2, 0.25) is 0 Å². The van der Waals surface area contributed by atoms with E-state index in [2.05, 4.69) is 15.2 Å². The molecule has 2 aromatic rings. The number of aromatic nitrogens is 3. The van der Waals surface area contributed by atoms with Crippen LogP contribution in [0.3, 0.4) is 0 Å². The number of nitrogens with one attached hydrogen (secondary N) is 1. The number of aromatic amines is 1. The number of aryl methyl sites for hydroxylation is 1. The number of hydrogen-bond donors (Lipinski definition) is 1. The summed E-state index contributed by atoms with van der Waals surface area (Å²) < 4.78 is 5.81. The van der Waals surface area contributed by atoms with E-state index in [0.29, 0.717) is 24.3 Å². The van der Waals surface area contributed by atoms with E-state index in [1.807, 2.05) is 24.1 Å². The number of rotatable bonds is 3. The lowest BCUT2D eigenvalue weighted by molar-refractivity contribution is 0.0773. The fourth-order valence-electron chi connectivity index (χ4n) is 5.07. The van der Waals surface area contributed by atoms with E-state index < -0.39 is 0 Å². The summed E-state index contributed by atoms with van der Waals surface area (Å²) in [4.78, 5) is 18.6. The third-order valence-electron chi connectivity index (χ3n) is 6.63. The van der Waals surface area contributed by atoms with E-state index in [0.717, 1.165) is 36.5 Å². The van der Waals surface area contributed by atoms with E-state index in [1.165, 1.54) is 25.7 Å². The van der Waals surface area contributed by atoms with Gasteiger partial charge in [0, 0.05) is 31.9 Å². The van der Waals surface area contributed by atoms with Gasteiger partial charge in [-0.2, -0.15) is 0 Å². The van der Waals surface area contributed by atoms with Crippen LogP contribution in [0.4, 0.5) is 0 Å². The second-order valence-electron chi connectivity index (χ2n) is 7.99. The molecule has 0 radical (unpaired) electrons. The molecular weight excluding hydrogens is 316 g/mol. The Morgan fingerprint density at radius 2 is 2.20 bits per heavy atom. The van der Waals surface area contributed by atoms with Gasteiger partial charge in [-0.1, -0.05) is 12.8 Å². The third-order valence-corrected chi connectivity index (χ3v) is 6.63. The Bertz CT molecular complexity index is 806. The topological polar surface area (TPSA) is 75.0 Å². The average Bonchev–Trinajstić information content (AvgIpc) is 3.26. The van der Waals surface area contributed by atoms with Crippen LogP contribution in [0.25, 0.3) is 0 Å². The zero-order valence-corrected chi connectivity index (χ0v) is 14.6. The fourth-order valence-corrected chi connectivity index (χ4v) is 5.07. The van der Waals surface area contributed by atoms with E-state index in [4.69, 9.17) is 4.42 Å². The van der Waals surface area contributed by atoms with Gasteiger partial charge in [-0.3, -0.25) is 4.79 Å². The highest BCUT2D eigenvalue weighted by Crippen LogP contribution is 2.50. The molecule has 3 fully saturated rings. The number of carbonyl (C=O) groups excluding carboxylic acids is 1. The average molecular weight is 340 g/mol. The summed E-state index contributed by atoms with van der Waals surface area (Å²) in [7, 11) is 0. The highest BCUT2D eigenvalue weighted by molar-refractivity contribution is 5.96. The highest BCUT2D eigenvalue weighted by Gasteiger charge is 2.55. The lowest BCUT2D eigenvalue weighted by Crippen LogP contribution is -2.35. The second-order valence-corrected chi connectivity index (χ2v) is 7.99. The standard InChI is InChI=1S/C19H24N4O2/c1-12-21-22-18(25-12)19-8-3-6-14(19)10-23(11-19)17(24)15-7-9-20-16(15)13-4-2-5-13/h7,9,13-14,20H,2-6,8,10-11H2,1H3/t14-,19-/m0/s1. The van der Waals surface area contributed by atoms with Crippen molar-refractivity contribution in [2.24, 2.45) is 5.92 Å². The fraction of sp³-hybridized carbons (Fsp3) is 0.632. The summed E-state index contributed by atoms with van der Waals surface area (Å²) in [5.74, 6) is 2.47. The van der Waals surface area contributed by atoms with Crippen LogP contribution < -0.4 is 0 Å². The first-order valence-corrected chi connectivity index (χ1v) is 9.44. The summed E-state index contributed by atoms with van der Waals surface area (Å²) in [6, 6.07) is 1.95. The van der Waals surface area contributed by atoms with Gasteiger partial charge in [0.15, 0.2) is 0 Å². The van der Waals surface area contributed by atoms with Gasteiger partial charge >= 0.3 is 0 Å². The zero-order chi connectivity index (χ0) is 17.0. The van der Waals surface area contributed by atoms with Crippen LogP contribution in [-0.2, 0) is 5.41 Å². The summed E-state index contributed by atoms with van der Waals surface area (Å²) in [6.45, 7) is 3.34. The largest absolute Gasteiger partial charge is 0.425 e. The molecule has 1 saturated heterocycles. The van der Waals surface area contributed by atoms with Gasteiger partial charge < -0.3 is 14.3 Å². The molecule has 132 valence electrons. The van der Waals surface area contributed by atoms with Gasteiger partial charge in [0.2, 0.25) is 11.8 Å². The summed E-state index contributed by atoms with van der Waals surface area (Å²) in [5, 5.41) is 8.36. The Labute approximate surface area is 147 Å². The van der Waals surface area contributed by atoms with Gasteiger partial charge in [-0.05, 0) is 43.6 Å². The van der Waals surface area contributed by atoms with Crippen LogP contribution in [0.15, 0.2) is 16.7 Å². The Balaban J connectivity index is 1.43. The molecule has 2 aromatic heterocycles. The van der Waals surface area contributed by atoms with Crippen molar-refractivity contribution in [2.45, 2.75) is 56.8 Å². The predicted molar refractivity (Wildman–Crippen MR) is 91.3 cm³/mol. The molecule has 1 N–H and O–H groups in total. The lowest BCUT2D eigenvalue weighted by Gasteiger charge is -2.27. The SMILES string of the molecule is Cc1nnc([C@]23CCC[C@H]2CN(C(=O)c2cc[nH]c2C2CCC2)C3)o1. The number of hydrogen-bond acceptors (Lipinski definition) is 4. The van der Waals surface area contributed by atoms with Gasteiger partial charge in [0.25, 0.3) is 5.91 Å². The Hall–Kier alpha value is -2.11. The van der Waals surface area contributed by atoms with E-state index in [9.17, 15) is 4.79 Å². The molecule has 3 heterocycles. The van der Waals surface area contributed by atoms with Crippen LogP contribution in [0.1, 0.15) is 72.3 Å². The predicted octanol–water partition coefficient (Wildman–Crippen LogP) is 3.17. The molecule has 6 nitrogen and oxygen atoms in total. The zero-order valence-electron chi connectivity index (χ0n) is 14.6. The second kappa shape index (κ2) is 5.44. The van der Waals surface area contributed by atoms with Crippen molar-refractivity contribution < 1.29 is 9.21 Å². The quantitative estimate of drug-likeness (QED) is 0.931. The normalized spacial score (nSPS) is 29.0. The molecule has 0 spiro atoms. The summed E-state index contributed by atoms with van der Waals surface area (Å²) >= 11 is 0. The molecule has 2 atom stereocenters. The van der Waals surface area contributed by atoms with E-state index in [-0.39, 0.29) is 11.3 Å². The Morgan fingerprint density at radius 1 is 1.32 bits per heavy atom. The number of carbonyl (C=O) groups is 1. The monoisotopic (exact) mass is 340 g/mol. The van der Waals surface area contributed by atoms with Crippen LogP contribution in [0, 0.1) is 12.8 Å². The summed E-state index contributed by atoms with van der Waals surface area (Å²) in [6.07, 6.45) is 8.89. The molecule has 3 aliphatic rings. The minimum atomic E-state index is -0.135. The first kappa shape index (κ1) is 15.2. The maximum absolute atomic E-state index is 13.2. The molecule has 1 amide bonds. The van der Waals surface area contributed by atoms with Gasteiger partial charge in [0.1, 0.15) is 0 Å². The molecule has 0 aromatic carbocycles. The van der Waals surface area contributed by atoms with Gasteiger partial charge in [-0.15, -0.1) is 10.2 Å². The Morgan fingerprint density at radius 3 is 2.92 bits per heavy atom. The van der Waals surface area contributed by atoms with Crippen molar-refractivity contribution >= 4 is 5.91 Å². The smallest absolute Gasteiger partial charge is 0.255 e. The third kappa shape index (κ3) is 2.19. The van der Waals surface area contributed by atoms with Crippen molar-refractivity contribution in [3.05, 3.63) is 35.3 Å². The molecule has 2 saturated carbocycles. The van der Waals surface area contributed by atoms with Crippen LogP contribution in [-0.4, -0.2) is 39.1 Å². The Kier molecular flexibility index (Phi) is 3.30.